The second-order valence-electron chi connectivity index (χ2n) is 5.67. The highest BCUT2D eigenvalue weighted by molar-refractivity contribution is 6.84. The molecule has 0 aromatic carbocycles. The minimum absolute atomic E-state index is 0.0721. The maximum absolute atomic E-state index is 11.9. The van der Waals surface area contributed by atoms with Crippen LogP contribution in [0.4, 0.5) is 0 Å². The first-order valence-electron chi connectivity index (χ1n) is 6.51. The number of allylic oxidation sites excluding steroid dienone is 4. The molecule has 1 rings (SSSR count). The van der Waals surface area contributed by atoms with Gasteiger partial charge >= 0.3 is 0 Å². The van der Waals surface area contributed by atoms with Crippen molar-refractivity contribution < 1.29 is 4.79 Å². The van der Waals surface area contributed by atoms with Crippen LogP contribution in [0, 0.1) is 5.92 Å². The lowest BCUT2D eigenvalue weighted by atomic mass is 10.1. The van der Waals surface area contributed by atoms with Gasteiger partial charge in [-0.2, -0.15) is 0 Å². The van der Waals surface area contributed by atoms with E-state index in [1.807, 2.05) is 13.8 Å². The van der Waals surface area contributed by atoms with Crippen LogP contribution in [0.1, 0.15) is 40.5 Å². The van der Waals surface area contributed by atoms with Gasteiger partial charge in [-0.25, -0.2) is 0 Å². The third-order valence-electron chi connectivity index (χ3n) is 3.52. The second kappa shape index (κ2) is 5.21. The fourth-order valence-corrected chi connectivity index (χ4v) is 5.19. The molecule has 0 atom stereocenters. The van der Waals surface area contributed by atoms with Crippen LogP contribution in [0.5, 0.6) is 0 Å². The van der Waals surface area contributed by atoms with E-state index in [1.54, 1.807) is 0 Å². The molecule has 0 aliphatic heterocycles. The van der Waals surface area contributed by atoms with Crippen molar-refractivity contribution in [3.8, 4) is 0 Å². The molecule has 0 aromatic heterocycles. The fraction of sp³-hybridized carbons (Fsp3) is 0.643. The van der Waals surface area contributed by atoms with Gasteiger partial charge in [0.1, 0.15) is 0 Å². The molecule has 0 bridgehead atoms. The van der Waals surface area contributed by atoms with Gasteiger partial charge in [-0.3, -0.25) is 4.79 Å². The molecule has 0 heterocycles. The molecule has 1 amide bonds. The van der Waals surface area contributed by atoms with E-state index in [1.165, 1.54) is 16.3 Å². The lowest BCUT2D eigenvalue weighted by molar-refractivity contribution is -0.122. The average molecular weight is 251 g/mol. The Bertz CT molecular complexity index is 378. The number of carbonyl (C=O) groups excluding carboxylic acids is 1. The molecule has 3 heteroatoms. The number of hydrogen-bond acceptors (Lipinski definition) is 1. The summed E-state index contributed by atoms with van der Waals surface area (Å²) in [6.07, 6.45) is 4.41. The van der Waals surface area contributed by atoms with E-state index in [-0.39, 0.29) is 11.8 Å². The first kappa shape index (κ1) is 14.2. The number of hydrogen-bond donors (Lipinski definition) is 1. The molecular weight excluding hydrogens is 226 g/mol. The van der Waals surface area contributed by atoms with Crippen molar-refractivity contribution in [3.05, 3.63) is 22.4 Å². The number of rotatable bonds is 4. The predicted octanol–water partition coefficient (Wildman–Crippen LogP) is 3.56. The van der Waals surface area contributed by atoms with Crippen LogP contribution in [0.2, 0.25) is 13.1 Å². The summed E-state index contributed by atoms with van der Waals surface area (Å²) in [6.45, 7) is 12.8. The van der Waals surface area contributed by atoms with Crippen molar-refractivity contribution in [2.24, 2.45) is 5.92 Å². The number of carbonyl (C=O) groups is 1. The zero-order valence-electron chi connectivity index (χ0n) is 12.0. The first-order chi connectivity index (χ1) is 7.79. The van der Waals surface area contributed by atoms with Crippen molar-refractivity contribution in [1.82, 2.24) is 4.98 Å². The Kier molecular flexibility index (Phi) is 4.36. The summed E-state index contributed by atoms with van der Waals surface area (Å²) in [7, 11) is -1.79. The zero-order chi connectivity index (χ0) is 13.2. The van der Waals surface area contributed by atoms with Crippen LogP contribution >= 0.6 is 0 Å². The van der Waals surface area contributed by atoms with E-state index >= 15 is 0 Å². The van der Waals surface area contributed by atoms with Gasteiger partial charge < -0.3 is 4.98 Å². The normalized spacial score (nSPS) is 16.5. The second-order valence-corrected chi connectivity index (χ2v) is 9.77. The summed E-state index contributed by atoms with van der Waals surface area (Å²) >= 11 is 0. The molecule has 0 radical (unpaired) electrons. The summed E-state index contributed by atoms with van der Waals surface area (Å²) < 4.78 is 0. The molecule has 0 saturated heterocycles. The standard InChI is InChI=1S/C14H25NOSi/c1-7-12-11(4)8-9-13(12)17(5,6)15-14(16)10(2)3/h8,10H,7,9H2,1-6H3,(H,15,16). The van der Waals surface area contributed by atoms with E-state index in [2.05, 4.69) is 38.0 Å². The molecule has 0 spiro atoms. The van der Waals surface area contributed by atoms with Gasteiger partial charge in [0, 0.05) is 5.92 Å². The van der Waals surface area contributed by atoms with Gasteiger partial charge in [-0.05, 0) is 38.4 Å². The maximum Gasteiger partial charge on any atom is 0.215 e. The van der Waals surface area contributed by atoms with Crippen LogP contribution in [0.15, 0.2) is 22.4 Å². The molecule has 0 fully saturated rings. The summed E-state index contributed by atoms with van der Waals surface area (Å²) in [5.41, 5.74) is 2.88. The van der Waals surface area contributed by atoms with E-state index < -0.39 is 8.24 Å². The van der Waals surface area contributed by atoms with Crippen LogP contribution in [-0.4, -0.2) is 14.1 Å². The molecular formula is C14H25NOSi. The SMILES string of the molecule is CCC1=C([Si](C)(C)NC(=O)C(C)C)CC=C1C. The Morgan fingerprint density at radius 1 is 1.47 bits per heavy atom. The molecule has 0 saturated carbocycles. The smallest absolute Gasteiger partial charge is 0.215 e. The Morgan fingerprint density at radius 2 is 2.06 bits per heavy atom. The van der Waals surface area contributed by atoms with Gasteiger partial charge in [-0.15, -0.1) is 0 Å². The summed E-state index contributed by atoms with van der Waals surface area (Å²) in [6, 6.07) is 0. The highest BCUT2D eigenvalue weighted by Crippen LogP contribution is 2.33. The lowest BCUT2D eigenvalue weighted by Gasteiger charge is -2.28. The Morgan fingerprint density at radius 3 is 2.53 bits per heavy atom. The summed E-state index contributed by atoms with van der Waals surface area (Å²) in [5, 5.41) is 1.51. The van der Waals surface area contributed by atoms with Crippen molar-refractivity contribution in [2.45, 2.75) is 53.6 Å². The minimum Gasteiger partial charge on any atom is -0.378 e. The van der Waals surface area contributed by atoms with E-state index in [9.17, 15) is 4.79 Å². The van der Waals surface area contributed by atoms with E-state index in [0.717, 1.165) is 12.8 Å². The van der Waals surface area contributed by atoms with Gasteiger partial charge in [0.15, 0.2) is 8.24 Å². The highest BCUT2D eigenvalue weighted by Gasteiger charge is 2.32. The quantitative estimate of drug-likeness (QED) is 0.761. The molecule has 1 N–H and O–H groups in total. The van der Waals surface area contributed by atoms with E-state index in [4.69, 9.17) is 0 Å². The molecule has 0 aromatic rings. The number of nitrogens with one attached hydrogen (secondary N) is 1. The minimum atomic E-state index is -1.79. The van der Waals surface area contributed by atoms with Crippen molar-refractivity contribution in [3.63, 3.8) is 0 Å². The van der Waals surface area contributed by atoms with Crippen LogP contribution < -0.4 is 4.98 Å². The van der Waals surface area contributed by atoms with Crippen LogP contribution in [0.25, 0.3) is 0 Å². The van der Waals surface area contributed by atoms with Gasteiger partial charge in [-0.1, -0.05) is 37.6 Å². The largest absolute Gasteiger partial charge is 0.378 e. The molecule has 17 heavy (non-hydrogen) atoms. The van der Waals surface area contributed by atoms with E-state index in [0.29, 0.717) is 0 Å². The summed E-state index contributed by atoms with van der Waals surface area (Å²) in [5.74, 6) is 0.261. The third-order valence-corrected chi connectivity index (χ3v) is 6.41. The molecule has 0 unspecified atom stereocenters. The predicted molar refractivity (Wildman–Crippen MR) is 76.2 cm³/mol. The summed E-state index contributed by atoms with van der Waals surface area (Å²) in [4.78, 5) is 15.2. The van der Waals surface area contributed by atoms with Gasteiger partial charge in [0.25, 0.3) is 0 Å². The van der Waals surface area contributed by atoms with Gasteiger partial charge in [0.2, 0.25) is 5.91 Å². The fourth-order valence-electron chi connectivity index (χ4n) is 2.39. The van der Waals surface area contributed by atoms with Crippen molar-refractivity contribution in [1.29, 1.82) is 0 Å². The van der Waals surface area contributed by atoms with Crippen LogP contribution in [0.3, 0.4) is 0 Å². The first-order valence-corrected chi connectivity index (χ1v) is 9.51. The highest BCUT2D eigenvalue weighted by atomic mass is 28.3. The van der Waals surface area contributed by atoms with Crippen molar-refractivity contribution >= 4 is 14.1 Å². The Hall–Kier alpha value is -0.833. The molecule has 2 nitrogen and oxygen atoms in total. The number of amides is 1. The maximum atomic E-state index is 11.9. The Labute approximate surface area is 106 Å². The topological polar surface area (TPSA) is 29.1 Å². The molecule has 1 aliphatic rings. The van der Waals surface area contributed by atoms with Crippen molar-refractivity contribution in [2.75, 3.05) is 0 Å². The monoisotopic (exact) mass is 251 g/mol. The lowest BCUT2D eigenvalue weighted by Crippen LogP contribution is -2.51. The molecule has 96 valence electrons. The average Bonchev–Trinajstić information content (AvgIpc) is 2.59. The zero-order valence-corrected chi connectivity index (χ0v) is 13.0. The van der Waals surface area contributed by atoms with Gasteiger partial charge in [0.05, 0.1) is 0 Å². The Balaban J connectivity index is 2.92. The third kappa shape index (κ3) is 3.09. The molecule has 1 aliphatic carbocycles. The van der Waals surface area contributed by atoms with Crippen LogP contribution in [-0.2, 0) is 4.79 Å².